The molecule has 0 saturated carbocycles. The summed E-state index contributed by atoms with van der Waals surface area (Å²) >= 11 is 1.42. The summed E-state index contributed by atoms with van der Waals surface area (Å²) in [4.78, 5) is 39.4. The van der Waals surface area contributed by atoms with E-state index in [2.05, 4.69) is 12.2 Å². The SMILES string of the molecule is CCOC(=O)c1c(NC(=O)COc2ccc3c(=O)c(Oc4ccc(CC)cc4)coc3c2)sc2c1CCCC2. The van der Waals surface area contributed by atoms with Gasteiger partial charge in [0.2, 0.25) is 11.2 Å². The summed E-state index contributed by atoms with van der Waals surface area (Å²) in [5.41, 5.74) is 2.60. The number of amides is 1. The monoisotopic (exact) mass is 547 g/mol. The highest BCUT2D eigenvalue weighted by Crippen LogP contribution is 2.38. The lowest BCUT2D eigenvalue weighted by molar-refractivity contribution is -0.118. The molecule has 0 unspecified atom stereocenters. The molecule has 0 atom stereocenters. The average Bonchev–Trinajstić information content (AvgIpc) is 3.31. The average molecular weight is 548 g/mol. The Morgan fingerprint density at radius 1 is 1.03 bits per heavy atom. The quantitative estimate of drug-likeness (QED) is 0.246. The third kappa shape index (κ3) is 5.83. The number of fused-ring (bicyclic) bond motifs is 2. The van der Waals surface area contributed by atoms with E-state index in [0.717, 1.165) is 42.5 Å². The van der Waals surface area contributed by atoms with Crippen molar-refractivity contribution >= 4 is 39.2 Å². The number of carbonyl (C=O) groups excluding carboxylic acids is 2. The first-order valence-electron chi connectivity index (χ1n) is 13.0. The first kappa shape index (κ1) is 26.5. The second-order valence-corrected chi connectivity index (χ2v) is 10.3. The minimum absolute atomic E-state index is 0.0795. The molecule has 0 aliphatic heterocycles. The number of rotatable bonds is 9. The van der Waals surface area contributed by atoms with E-state index in [1.165, 1.54) is 23.2 Å². The Balaban J connectivity index is 1.26. The lowest BCUT2D eigenvalue weighted by Gasteiger charge is -2.12. The Hall–Kier alpha value is -4.11. The predicted molar refractivity (Wildman–Crippen MR) is 149 cm³/mol. The van der Waals surface area contributed by atoms with Crippen LogP contribution in [0.4, 0.5) is 5.00 Å². The van der Waals surface area contributed by atoms with Gasteiger partial charge in [0.1, 0.15) is 28.3 Å². The van der Waals surface area contributed by atoms with Gasteiger partial charge < -0.3 is 23.9 Å². The largest absolute Gasteiger partial charge is 0.484 e. The summed E-state index contributed by atoms with van der Waals surface area (Å²) in [5, 5.41) is 3.65. The maximum Gasteiger partial charge on any atom is 0.341 e. The van der Waals surface area contributed by atoms with E-state index < -0.39 is 11.9 Å². The summed E-state index contributed by atoms with van der Waals surface area (Å²) in [6, 6.07) is 12.2. The molecule has 1 aliphatic carbocycles. The van der Waals surface area contributed by atoms with Crippen LogP contribution in [0.25, 0.3) is 11.0 Å². The zero-order chi connectivity index (χ0) is 27.4. The van der Waals surface area contributed by atoms with Crippen molar-refractivity contribution in [3.05, 3.63) is 80.5 Å². The lowest BCUT2D eigenvalue weighted by atomic mass is 9.95. The summed E-state index contributed by atoms with van der Waals surface area (Å²) in [5.74, 6) is 0.164. The van der Waals surface area contributed by atoms with Crippen LogP contribution >= 0.6 is 11.3 Å². The first-order chi connectivity index (χ1) is 19.0. The topological polar surface area (TPSA) is 104 Å². The third-order valence-corrected chi connectivity index (χ3v) is 7.75. The molecule has 2 aromatic heterocycles. The number of nitrogens with one attached hydrogen (secondary N) is 1. The van der Waals surface area contributed by atoms with Crippen LogP contribution < -0.4 is 20.2 Å². The summed E-state index contributed by atoms with van der Waals surface area (Å²) in [6.07, 6.45) is 5.93. The number of benzene rings is 2. The first-order valence-corrected chi connectivity index (χ1v) is 13.8. The molecule has 1 N–H and O–H groups in total. The molecule has 9 heteroatoms. The van der Waals surface area contributed by atoms with Crippen LogP contribution in [0.5, 0.6) is 17.2 Å². The van der Waals surface area contributed by atoms with E-state index in [1.54, 1.807) is 25.1 Å². The molecule has 39 heavy (non-hydrogen) atoms. The number of carbonyl (C=O) groups is 2. The second-order valence-electron chi connectivity index (χ2n) is 9.16. The van der Waals surface area contributed by atoms with Gasteiger partial charge in [-0.1, -0.05) is 19.1 Å². The molecule has 0 spiro atoms. The zero-order valence-corrected chi connectivity index (χ0v) is 22.7. The molecule has 0 radical (unpaired) electrons. The van der Waals surface area contributed by atoms with Gasteiger partial charge in [-0.25, -0.2) is 4.79 Å². The van der Waals surface area contributed by atoms with Gasteiger partial charge in [-0.05, 0) is 74.4 Å². The fraction of sp³-hybridized carbons (Fsp3) is 0.300. The Labute approximate surface area is 229 Å². The highest BCUT2D eigenvalue weighted by molar-refractivity contribution is 7.17. The van der Waals surface area contributed by atoms with Crippen LogP contribution in [0.15, 0.2) is 57.9 Å². The van der Waals surface area contributed by atoms with E-state index in [0.29, 0.717) is 33.0 Å². The van der Waals surface area contributed by atoms with E-state index in [-0.39, 0.29) is 24.4 Å². The molecule has 2 heterocycles. The van der Waals surface area contributed by atoms with Gasteiger partial charge in [-0.15, -0.1) is 11.3 Å². The van der Waals surface area contributed by atoms with Crippen LogP contribution in [-0.4, -0.2) is 25.1 Å². The Morgan fingerprint density at radius 3 is 2.56 bits per heavy atom. The Morgan fingerprint density at radius 2 is 1.79 bits per heavy atom. The summed E-state index contributed by atoms with van der Waals surface area (Å²) in [6.45, 7) is 3.80. The third-order valence-electron chi connectivity index (χ3n) is 6.55. The van der Waals surface area contributed by atoms with Crippen LogP contribution in [0, 0.1) is 0 Å². The molecule has 8 nitrogen and oxygen atoms in total. The predicted octanol–water partition coefficient (Wildman–Crippen LogP) is 6.28. The van der Waals surface area contributed by atoms with Crippen molar-refractivity contribution in [2.45, 2.75) is 46.0 Å². The van der Waals surface area contributed by atoms with Crippen molar-refractivity contribution in [1.82, 2.24) is 0 Å². The van der Waals surface area contributed by atoms with Crippen LogP contribution in [0.2, 0.25) is 0 Å². The van der Waals surface area contributed by atoms with Crippen LogP contribution in [0.1, 0.15) is 53.1 Å². The molecule has 1 amide bonds. The van der Waals surface area contributed by atoms with Crippen molar-refractivity contribution in [2.75, 3.05) is 18.5 Å². The summed E-state index contributed by atoms with van der Waals surface area (Å²) < 4.78 is 22.3. The maximum absolute atomic E-state index is 12.9. The van der Waals surface area contributed by atoms with Crippen molar-refractivity contribution < 1.29 is 28.2 Å². The van der Waals surface area contributed by atoms with Gasteiger partial charge in [0.05, 0.1) is 17.6 Å². The molecule has 0 saturated heterocycles. The number of esters is 1. The van der Waals surface area contributed by atoms with Gasteiger partial charge in [0, 0.05) is 10.9 Å². The highest BCUT2D eigenvalue weighted by atomic mass is 32.1. The van der Waals surface area contributed by atoms with Gasteiger partial charge in [-0.3, -0.25) is 9.59 Å². The highest BCUT2D eigenvalue weighted by Gasteiger charge is 2.27. The molecule has 4 aromatic rings. The number of thiophene rings is 1. The number of ether oxygens (including phenoxy) is 3. The maximum atomic E-state index is 12.9. The number of anilines is 1. The molecule has 5 rings (SSSR count). The number of hydrogen-bond acceptors (Lipinski definition) is 8. The van der Waals surface area contributed by atoms with E-state index in [4.69, 9.17) is 18.6 Å². The minimum atomic E-state index is -0.418. The zero-order valence-electron chi connectivity index (χ0n) is 21.8. The lowest BCUT2D eigenvalue weighted by Crippen LogP contribution is -2.21. The van der Waals surface area contributed by atoms with Crippen LogP contribution in [0.3, 0.4) is 0 Å². The molecular formula is C30H29NO7S. The van der Waals surface area contributed by atoms with E-state index >= 15 is 0 Å². The Bertz CT molecular complexity index is 1570. The van der Waals surface area contributed by atoms with Crippen molar-refractivity contribution in [2.24, 2.45) is 0 Å². The van der Waals surface area contributed by atoms with Gasteiger partial charge in [0.15, 0.2) is 6.61 Å². The number of hydrogen-bond donors (Lipinski definition) is 1. The molecule has 202 valence electrons. The fourth-order valence-corrected chi connectivity index (χ4v) is 5.85. The van der Waals surface area contributed by atoms with Crippen LogP contribution in [-0.2, 0) is 28.8 Å². The van der Waals surface area contributed by atoms with Gasteiger partial charge in [0.25, 0.3) is 5.91 Å². The molecule has 1 aliphatic rings. The fourth-order valence-electron chi connectivity index (χ4n) is 4.56. The molecule has 0 bridgehead atoms. The molecule has 2 aromatic carbocycles. The van der Waals surface area contributed by atoms with Gasteiger partial charge in [-0.2, -0.15) is 0 Å². The minimum Gasteiger partial charge on any atom is -0.484 e. The van der Waals surface area contributed by atoms with E-state index in [9.17, 15) is 14.4 Å². The Kier molecular flexibility index (Phi) is 7.97. The number of aryl methyl sites for hydroxylation is 2. The molecular weight excluding hydrogens is 518 g/mol. The second kappa shape index (κ2) is 11.7. The standard InChI is InChI=1S/C30H29NO7S/c1-3-18-9-11-19(12-10-18)38-24-16-37-23-15-20(13-14-21(23)28(24)33)36-17-26(32)31-29-27(30(34)35-4-2)22-7-5-6-8-25(22)39-29/h9-16H,3-8,17H2,1-2H3,(H,31,32). The normalized spacial score (nSPS) is 12.6. The van der Waals surface area contributed by atoms with E-state index in [1.807, 2.05) is 24.3 Å². The van der Waals surface area contributed by atoms with Crippen molar-refractivity contribution in [3.8, 4) is 17.2 Å². The van der Waals surface area contributed by atoms with Gasteiger partial charge >= 0.3 is 5.97 Å². The summed E-state index contributed by atoms with van der Waals surface area (Å²) in [7, 11) is 0. The van der Waals surface area contributed by atoms with Crippen molar-refractivity contribution in [3.63, 3.8) is 0 Å². The smallest absolute Gasteiger partial charge is 0.341 e. The molecule has 0 fully saturated rings. The van der Waals surface area contributed by atoms with Crippen molar-refractivity contribution in [1.29, 1.82) is 0 Å².